The summed E-state index contributed by atoms with van der Waals surface area (Å²) in [6.07, 6.45) is 0.419. The van der Waals surface area contributed by atoms with E-state index in [-0.39, 0.29) is 23.8 Å². The van der Waals surface area contributed by atoms with Crippen LogP contribution in [-0.2, 0) is 14.8 Å². The first-order chi connectivity index (χ1) is 10.2. The third-order valence-corrected chi connectivity index (χ3v) is 4.36. The monoisotopic (exact) mass is 328 g/mol. The molecule has 0 aliphatic heterocycles. The molecule has 1 atom stereocenters. The summed E-state index contributed by atoms with van der Waals surface area (Å²) in [4.78, 5) is 14.9. The Morgan fingerprint density at radius 3 is 2.41 bits per heavy atom. The number of aryl methyl sites for hydroxylation is 1. The maximum atomic E-state index is 12.2. The van der Waals surface area contributed by atoms with E-state index in [0.29, 0.717) is 6.42 Å². The lowest BCUT2D eigenvalue weighted by molar-refractivity contribution is -0.139. The largest absolute Gasteiger partial charge is 0.480 e. The number of sulfonamides is 1. The summed E-state index contributed by atoms with van der Waals surface area (Å²) in [7, 11) is -3.89. The van der Waals surface area contributed by atoms with Crippen molar-refractivity contribution in [1.82, 2.24) is 4.72 Å². The number of guanidine groups is 1. The second-order valence-electron chi connectivity index (χ2n) is 4.77. The number of carbonyl (C=O) groups is 1. The van der Waals surface area contributed by atoms with Crippen LogP contribution in [0, 0.1) is 6.92 Å². The van der Waals surface area contributed by atoms with Gasteiger partial charge in [0, 0.05) is 6.54 Å². The van der Waals surface area contributed by atoms with Gasteiger partial charge < -0.3 is 16.6 Å². The fourth-order valence-electron chi connectivity index (χ4n) is 1.71. The van der Waals surface area contributed by atoms with Crippen LogP contribution in [0.2, 0.25) is 0 Å². The van der Waals surface area contributed by atoms with Crippen molar-refractivity contribution < 1.29 is 18.3 Å². The highest BCUT2D eigenvalue weighted by Gasteiger charge is 2.24. The average molecular weight is 328 g/mol. The van der Waals surface area contributed by atoms with Gasteiger partial charge in [-0.05, 0) is 31.9 Å². The van der Waals surface area contributed by atoms with Gasteiger partial charge in [0.25, 0.3) is 0 Å². The number of benzene rings is 1. The Kier molecular flexibility index (Phi) is 6.32. The fourth-order valence-corrected chi connectivity index (χ4v) is 2.93. The number of hydrogen-bond donors (Lipinski definition) is 4. The van der Waals surface area contributed by atoms with Crippen molar-refractivity contribution in [2.45, 2.75) is 30.7 Å². The van der Waals surface area contributed by atoms with E-state index in [4.69, 9.17) is 16.6 Å². The highest BCUT2D eigenvalue weighted by atomic mass is 32.2. The number of aliphatic carboxylic acids is 1. The second kappa shape index (κ2) is 7.76. The highest BCUT2D eigenvalue weighted by molar-refractivity contribution is 7.89. The van der Waals surface area contributed by atoms with Crippen molar-refractivity contribution in [2.24, 2.45) is 16.5 Å². The Morgan fingerprint density at radius 2 is 1.91 bits per heavy atom. The van der Waals surface area contributed by atoms with Crippen molar-refractivity contribution in [3.05, 3.63) is 29.8 Å². The Labute approximate surface area is 129 Å². The van der Waals surface area contributed by atoms with E-state index in [2.05, 4.69) is 9.71 Å². The van der Waals surface area contributed by atoms with Crippen molar-refractivity contribution >= 4 is 22.0 Å². The van der Waals surface area contributed by atoms with Crippen LogP contribution in [0.4, 0.5) is 0 Å². The molecule has 1 rings (SSSR count). The van der Waals surface area contributed by atoms with Crippen molar-refractivity contribution in [3.63, 3.8) is 0 Å². The fraction of sp³-hybridized carbons (Fsp3) is 0.385. The molecular weight excluding hydrogens is 308 g/mol. The zero-order valence-electron chi connectivity index (χ0n) is 12.2. The SMILES string of the molecule is Cc1ccc(S(=O)(=O)NC(CCCN=C(N)N)C(=O)O)cc1. The first-order valence-electron chi connectivity index (χ1n) is 6.59. The molecule has 0 spiro atoms. The predicted octanol–water partition coefficient (Wildman–Crippen LogP) is -0.220. The number of hydrogen-bond acceptors (Lipinski definition) is 4. The summed E-state index contributed by atoms with van der Waals surface area (Å²) in [5.74, 6) is -1.34. The molecule has 1 aromatic rings. The lowest BCUT2D eigenvalue weighted by atomic mass is 10.2. The zero-order valence-corrected chi connectivity index (χ0v) is 13.0. The molecule has 122 valence electrons. The van der Waals surface area contributed by atoms with Gasteiger partial charge in [-0.25, -0.2) is 8.42 Å². The average Bonchev–Trinajstić information content (AvgIpc) is 2.42. The maximum absolute atomic E-state index is 12.2. The predicted molar refractivity (Wildman–Crippen MR) is 82.8 cm³/mol. The smallest absolute Gasteiger partial charge is 0.321 e. The Morgan fingerprint density at radius 1 is 1.32 bits per heavy atom. The van der Waals surface area contributed by atoms with Gasteiger partial charge in [0.15, 0.2) is 5.96 Å². The van der Waals surface area contributed by atoms with E-state index in [1.165, 1.54) is 12.1 Å². The number of nitrogens with two attached hydrogens (primary N) is 2. The number of carboxylic acid groups (broad SMARTS) is 1. The molecule has 0 aliphatic rings. The second-order valence-corrected chi connectivity index (χ2v) is 6.49. The van der Waals surface area contributed by atoms with Crippen molar-refractivity contribution in [1.29, 1.82) is 0 Å². The van der Waals surface area contributed by atoms with E-state index in [9.17, 15) is 13.2 Å². The van der Waals surface area contributed by atoms with Crippen LogP contribution >= 0.6 is 0 Å². The van der Waals surface area contributed by atoms with E-state index in [1.807, 2.05) is 6.92 Å². The van der Waals surface area contributed by atoms with Crippen LogP contribution in [0.25, 0.3) is 0 Å². The Hall–Kier alpha value is -2.13. The summed E-state index contributed by atoms with van der Waals surface area (Å²) in [6.45, 7) is 2.06. The first-order valence-corrected chi connectivity index (χ1v) is 8.08. The van der Waals surface area contributed by atoms with Crippen LogP contribution in [-0.4, -0.2) is 38.0 Å². The van der Waals surface area contributed by atoms with Crippen LogP contribution in [0.3, 0.4) is 0 Å². The van der Waals surface area contributed by atoms with Crippen molar-refractivity contribution in [3.8, 4) is 0 Å². The number of nitrogens with one attached hydrogen (secondary N) is 1. The van der Waals surface area contributed by atoms with Crippen LogP contribution in [0.15, 0.2) is 34.2 Å². The molecule has 1 aromatic carbocycles. The molecule has 0 heterocycles. The molecule has 0 aliphatic carbocycles. The van der Waals surface area contributed by atoms with Crippen molar-refractivity contribution in [2.75, 3.05) is 6.54 Å². The summed E-state index contributed by atoms with van der Waals surface area (Å²) in [5.41, 5.74) is 11.2. The quantitative estimate of drug-likeness (QED) is 0.294. The third kappa shape index (κ3) is 5.70. The zero-order chi connectivity index (χ0) is 16.8. The van der Waals surface area contributed by atoms with Gasteiger partial charge in [0.05, 0.1) is 4.90 Å². The molecule has 1 unspecified atom stereocenters. The van der Waals surface area contributed by atoms with E-state index < -0.39 is 22.0 Å². The number of rotatable bonds is 8. The lowest BCUT2D eigenvalue weighted by Gasteiger charge is -2.14. The minimum Gasteiger partial charge on any atom is -0.480 e. The van der Waals surface area contributed by atoms with Gasteiger partial charge in [0.2, 0.25) is 10.0 Å². The van der Waals surface area contributed by atoms with Gasteiger partial charge in [-0.2, -0.15) is 4.72 Å². The standard InChI is InChI=1S/C13H20N4O4S/c1-9-4-6-10(7-5-9)22(20,21)17-11(12(18)19)3-2-8-16-13(14)15/h4-7,11,17H,2-3,8H2,1H3,(H,18,19)(H4,14,15,16). The molecule has 0 saturated carbocycles. The first kappa shape index (κ1) is 17.9. The van der Waals surface area contributed by atoms with Gasteiger partial charge >= 0.3 is 5.97 Å². The Bertz CT molecular complexity index is 637. The van der Waals surface area contributed by atoms with Gasteiger partial charge in [-0.15, -0.1) is 0 Å². The molecule has 0 radical (unpaired) electrons. The third-order valence-electron chi connectivity index (χ3n) is 2.87. The molecule has 0 aromatic heterocycles. The molecule has 0 bridgehead atoms. The van der Waals surface area contributed by atoms with E-state index >= 15 is 0 Å². The normalized spacial score (nSPS) is 12.6. The molecule has 9 heteroatoms. The Balaban J connectivity index is 2.75. The number of nitrogens with zero attached hydrogens (tertiary/aromatic N) is 1. The highest BCUT2D eigenvalue weighted by Crippen LogP contribution is 2.12. The molecule has 6 N–H and O–H groups in total. The van der Waals surface area contributed by atoms with Crippen LogP contribution in [0.5, 0.6) is 0 Å². The molecule has 0 saturated heterocycles. The molecule has 8 nitrogen and oxygen atoms in total. The summed E-state index contributed by atoms with van der Waals surface area (Å²) in [6, 6.07) is 4.90. The molecular formula is C13H20N4O4S. The minimum atomic E-state index is -3.89. The molecule has 22 heavy (non-hydrogen) atoms. The summed E-state index contributed by atoms with van der Waals surface area (Å²) in [5, 5.41) is 9.12. The minimum absolute atomic E-state index is 0.0218. The van der Waals surface area contributed by atoms with Gasteiger partial charge in [-0.3, -0.25) is 9.79 Å². The van der Waals surface area contributed by atoms with Crippen LogP contribution < -0.4 is 16.2 Å². The summed E-state index contributed by atoms with van der Waals surface area (Å²) >= 11 is 0. The number of carboxylic acids is 1. The maximum Gasteiger partial charge on any atom is 0.321 e. The van der Waals surface area contributed by atoms with Gasteiger partial charge in [-0.1, -0.05) is 17.7 Å². The van der Waals surface area contributed by atoms with Gasteiger partial charge in [0.1, 0.15) is 6.04 Å². The van der Waals surface area contributed by atoms with Crippen LogP contribution in [0.1, 0.15) is 18.4 Å². The topological polar surface area (TPSA) is 148 Å². The summed E-state index contributed by atoms with van der Waals surface area (Å²) < 4.78 is 26.5. The van der Waals surface area contributed by atoms with E-state index in [0.717, 1.165) is 5.56 Å². The molecule has 0 fully saturated rings. The lowest BCUT2D eigenvalue weighted by Crippen LogP contribution is -2.40. The number of aliphatic imine (C=N–C) groups is 1. The molecule has 0 amide bonds. The van der Waals surface area contributed by atoms with E-state index in [1.54, 1.807) is 12.1 Å².